The lowest BCUT2D eigenvalue weighted by Gasteiger charge is -2.22. The second-order valence-corrected chi connectivity index (χ2v) is 6.34. The second-order valence-electron chi connectivity index (χ2n) is 4.34. The second kappa shape index (κ2) is 6.54. The third-order valence-corrected chi connectivity index (χ3v) is 4.85. The molecule has 2 rings (SSSR count). The van der Waals surface area contributed by atoms with Crippen LogP contribution in [0.5, 0.6) is 0 Å². The minimum atomic E-state index is -0.357. The summed E-state index contributed by atoms with van der Waals surface area (Å²) < 4.78 is 0.532. The molecule has 0 amide bonds. The average Bonchev–Trinajstić information content (AvgIpc) is 2.38. The number of nitro groups is 1. The predicted octanol–water partition coefficient (Wildman–Crippen LogP) is 3.34. The van der Waals surface area contributed by atoms with Crippen LogP contribution in [0.3, 0.4) is 0 Å². The molecule has 0 bridgehead atoms. The fourth-order valence-corrected chi connectivity index (χ4v) is 3.47. The Morgan fingerprint density at radius 1 is 1.56 bits per heavy atom. The highest BCUT2D eigenvalue weighted by molar-refractivity contribution is 9.10. The van der Waals surface area contributed by atoms with Crippen LogP contribution in [0.25, 0.3) is 0 Å². The molecule has 1 saturated heterocycles. The Morgan fingerprint density at radius 3 is 3.06 bits per heavy atom. The number of nitrogens with one attached hydrogen (secondary N) is 1. The maximum Gasteiger partial charge on any atom is 0.283 e. The highest BCUT2D eigenvalue weighted by atomic mass is 79.9. The predicted molar refractivity (Wildman–Crippen MR) is 78.0 cm³/mol. The number of hydrogen-bond acceptors (Lipinski definition) is 4. The van der Waals surface area contributed by atoms with Crippen molar-refractivity contribution in [3.63, 3.8) is 0 Å². The van der Waals surface area contributed by atoms with E-state index in [-0.39, 0.29) is 10.6 Å². The van der Waals surface area contributed by atoms with Gasteiger partial charge in [0.2, 0.25) is 0 Å². The molecule has 1 N–H and O–H groups in total. The number of hydrogen-bond donors (Lipinski definition) is 1. The Labute approximate surface area is 119 Å². The molecule has 4 nitrogen and oxygen atoms in total. The van der Waals surface area contributed by atoms with Gasteiger partial charge in [-0.05, 0) is 46.2 Å². The van der Waals surface area contributed by atoms with Crippen LogP contribution in [-0.4, -0.2) is 22.5 Å². The molecule has 1 fully saturated rings. The van der Waals surface area contributed by atoms with Crippen LogP contribution in [0.15, 0.2) is 22.7 Å². The monoisotopic (exact) mass is 330 g/mol. The van der Waals surface area contributed by atoms with Gasteiger partial charge in [-0.1, -0.05) is 6.07 Å². The lowest BCUT2D eigenvalue weighted by Crippen LogP contribution is -2.33. The molecule has 6 heteroatoms. The van der Waals surface area contributed by atoms with E-state index in [9.17, 15) is 10.1 Å². The maximum absolute atomic E-state index is 10.8. The van der Waals surface area contributed by atoms with Gasteiger partial charge in [0.05, 0.1) is 9.40 Å². The molecule has 98 valence electrons. The molecule has 0 radical (unpaired) electrons. The zero-order valence-corrected chi connectivity index (χ0v) is 12.3. The summed E-state index contributed by atoms with van der Waals surface area (Å²) in [5.41, 5.74) is 1.09. The molecular formula is C12H15BrN2O2S. The number of rotatable bonds is 4. The summed E-state index contributed by atoms with van der Waals surface area (Å²) in [6.45, 7) is 0.694. The molecule has 1 atom stereocenters. The highest BCUT2D eigenvalue weighted by Gasteiger charge is 2.15. The molecule has 0 aromatic heterocycles. The molecule has 1 aliphatic rings. The number of benzene rings is 1. The van der Waals surface area contributed by atoms with Crippen molar-refractivity contribution in [2.75, 3.05) is 11.5 Å². The van der Waals surface area contributed by atoms with Crippen molar-refractivity contribution in [1.29, 1.82) is 0 Å². The average molecular weight is 331 g/mol. The summed E-state index contributed by atoms with van der Waals surface area (Å²) in [6.07, 6.45) is 2.45. The van der Waals surface area contributed by atoms with E-state index in [0.29, 0.717) is 17.1 Å². The van der Waals surface area contributed by atoms with E-state index in [0.717, 1.165) is 11.3 Å². The molecule has 1 heterocycles. The zero-order valence-electron chi connectivity index (χ0n) is 9.89. The maximum atomic E-state index is 10.8. The zero-order chi connectivity index (χ0) is 13.0. The standard InChI is InChI=1S/C12H15BrN2O2S/c13-11-4-3-9(6-12(11)15(16)17)7-14-10-2-1-5-18-8-10/h3-4,6,10,14H,1-2,5,7-8H2. The van der Waals surface area contributed by atoms with Gasteiger partial charge in [0, 0.05) is 24.4 Å². The van der Waals surface area contributed by atoms with Crippen molar-refractivity contribution < 1.29 is 4.92 Å². The first kappa shape index (κ1) is 13.8. The van der Waals surface area contributed by atoms with E-state index in [4.69, 9.17) is 0 Å². The van der Waals surface area contributed by atoms with Crippen LogP contribution >= 0.6 is 27.7 Å². The summed E-state index contributed by atoms with van der Waals surface area (Å²) in [5.74, 6) is 2.39. The van der Waals surface area contributed by atoms with Crippen molar-refractivity contribution in [3.05, 3.63) is 38.3 Å². The van der Waals surface area contributed by atoms with Gasteiger partial charge < -0.3 is 5.32 Å². The minimum Gasteiger partial charge on any atom is -0.309 e. The third-order valence-electron chi connectivity index (χ3n) is 2.96. The lowest BCUT2D eigenvalue weighted by molar-refractivity contribution is -0.385. The number of thioether (sulfide) groups is 1. The van der Waals surface area contributed by atoms with Gasteiger partial charge in [-0.25, -0.2) is 0 Å². The molecule has 18 heavy (non-hydrogen) atoms. The molecular weight excluding hydrogens is 316 g/mol. The quantitative estimate of drug-likeness (QED) is 0.679. The minimum absolute atomic E-state index is 0.132. The van der Waals surface area contributed by atoms with Crippen molar-refractivity contribution in [2.45, 2.75) is 25.4 Å². The Hall–Kier alpha value is -0.590. The van der Waals surface area contributed by atoms with Gasteiger partial charge >= 0.3 is 0 Å². The van der Waals surface area contributed by atoms with Crippen molar-refractivity contribution in [3.8, 4) is 0 Å². The summed E-state index contributed by atoms with van der Waals surface area (Å²) in [5, 5.41) is 14.3. The molecule has 0 aliphatic carbocycles. The summed E-state index contributed by atoms with van der Waals surface area (Å²) in [4.78, 5) is 10.5. The molecule has 1 aromatic carbocycles. The Balaban J connectivity index is 1.96. The van der Waals surface area contributed by atoms with E-state index in [1.54, 1.807) is 12.1 Å². The first-order chi connectivity index (χ1) is 8.66. The molecule has 1 aromatic rings. The van der Waals surface area contributed by atoms with E-state index in [1.165, 1.54) is 18.6 Å². The van der Waals surface area contributed by atoms with Gasteiger partial charge in [-0.2, -0.15) is 11.8 Å². The van der Waals surface area contributed by atoms with Gasteiger partial charge in [0.1, 0.15) is 0 Å². The Kier molecular flexibility index (Phi) is 5.03. The topological polar surface area (TPSA) is 55.2 Å². The first-order valence-corrected chi connectivity index (χ1v) is 7.85. The number of nitrogens with zero attached hydrogens (tertiary/aromatic N) is 1. The Bertz CT molecular complexity index is 436. The SMILES string of the molecule is O=[N+]([O-])c1cc(CNC2CCCSC2)ccc1Br. The van der Waals surface area contributed by atoms with Crippen LogP contribution in [0, 0.1) is 10.1 Å². The van der Waals surface area contributed by atoms with Crippen molar-refractivity contribution in [1.82, 2.24) is 5.32 Å². The molecule has 0 saturated carbocycles. The van der Waals surface area contributed by atoms with E-state index in [1.807, 2.05) is 17.8 Å². The van der Waals surface area contributed by atoms with Crippen LogP contribution in [0.4, 0.5) is 5.69 Å². The number of halogens is 1. The summed E-state index contributed by atoms with van der Waals surface area (Å²) >= 11 is 5.16. The fourth-order valence-electron chi connectivity index (χ4n) is 1.97. The molecule has 1 unspecified atom stereocenters. The molecule has 0 spiro atoms. The van der Waals surface area contributed by atoms with E-state index >= 15 is 0 Å². The van der Waals surface area contributed by atoms with Crippen LogP contribution in [0.2, 0.25) is 0 Å². The van der Waals surface area contributed by atoms with Gasteiger partial charge in [0.25, 0.3) is 5.69 Å². The van der Waals surface area contributed by atoms with Crippen molar-refractivity contribution >= 4 is 33.4 Å². The lowest BCUT2D eigenvalue weighted by atomic mass is 10.1. The highest BCUT2D eigenvalue weighted by Crippen LogP contribution is 2.25. The van der Waals surface area contributed by atoms with Crippen LogP contribution in [-0.2, 0) is 6.54 Å². The number of nitro benzene ring substituents is 1. The van der Waals surface area contributed by atoms with Crippen molar-refractivity contribution in [2.24, 2.45) is 0 Å². The molecule has 1 aliphatic heterocycles. The first-order valence-electron chi connectivity index (χ1n) is 5.91. The largest absolute Gasteiger partial charge is 0.309 e. The Morgan fingerprint density at radius 2 is 2.39 bits per heavy atom. The summed E-state index contributed by atoms with van der Waals surface area (Å²) in [6, 6.07) is 5.82. The van der Waals surface area contributed by atoms with Gasteiger partial charge in [-0.3, -0.25) is 10.1 Å². The van der Waals surface area contributed by atoms with Gasteiger partial charge in [0.15, 0.2) is 0 Å². The normalized spacial score (nSPS) is 19.7. The smallest absolute Gasteiger partial charge is 0.283 e. The summed E-state index contributed by atoms with van der Waals surface area (Å²) in [7, 11) is 0. The third kappa shape index (κ3) is 3.70. The van der Waals surface area contributed by atoms with Crippen LogP contribution in [0.1, 0.15) is 18.4 Å². The van der Waals surface area contributed by atoms with Gasteiger partial charge in [-0.15, -0.1) is 0 Å². The van der Waals surface area contributed by atoms with Crippen LogP contribution < -0.4 is 5.32 Å². The van der Waals surface area contributed by atoms with E-state index in [2.05, 4.69) is 21.2 Å². The fraction of sp³-hybridized carbons (Fsp3) is 0.500. The van der Waals surface area contributed by atoms with E-state index < -0.39 is 0 Å².